The van der Waals surface area contributed by atoms with Gasteiger partial charge in [-0.2, -0.15) is 0 Å². The lowest BCUT2D eigenvalue weighted by Gasteiger charge is -2.36. The first kappa shape index (κ1) is 16.3. The molecule has 0 bridgehead atoms. The molecular formula is C20H17N3O3S. The van der Waals surface area contributed by atoms with Crippen LogP contribution < -0.4 is 5.56 Å². The van der Waals surface area contributed by atoms with Crippen molar-refractivity contribution in [1.29, 1.82) is 0 Å². The van der Waals surface area contributed by atoms with E-state index in [4.69, 9.17) is 0 Å². The van der Waals surface area contributed by atoms with Crippen molar-refractivity contribution in [2.45, 2.75) is 24.7 Å². The van der Waals surface area contributed by atoms with Crippen LogP contribution in [0.3, 0.4) is 0 Å². The lowest BCUT2D eigenvalue weighted by molar-refractivity contribution is -0.122. The number of rotatable bonds is 2. The maximum Gasteiger partial charge on any atom is 0.270 e. The monoisotopic (exact) mass is 379 g/mol. The summed E-state index contributed by atoms with van der Waals surface area (Å²) in [5, 5.41) is 17.4. The number of aromatic nitrogens is 2. The van der Waals surface area contributed by atoms with Crippen LogP contribution in [0.5, 0.6) is 5.75 Å². The number of nitrogens with zero attached hydrogens (tertiary/aromatic N) is 1. The number of fused-ring (bicyclic) bond motifs is 2. The molecule has 1 saturated carbocycles. The highest BCUT2D eigenvalue weighted by atomic mass is 32.1. The predicted octanol–water partition coefficient (Wildman–Crippen LogP) is 3.45. The first-order chi connectivity index (χ1) is 13.1. The number of aromatic hydroxyl groups is 1. The SMILES string of the molecule is O=C1C[C@@H](c2cccs2)CC2=Nc3[nH][nH]c(=O)c3[C@@H](c3cccc(O)c3)C12. The van der Waals surface area contributed by atoms with Gasteiger partial charge >= 0.3 is 0 Å². The molecule has 0 saturated heterocycles. The molecule has 0 radical (unpaired) electrons. The summed E-state index contributed by atoms with van der Waals surface area (Å²) in [5.41, 5.74) is 1.76. The van der Waals surface area contributed by atoms with Gasteiger partial charge in [-0.1, -0.05) is 18.2 Å². The Morgan fingerprint density at radius 1 is 1.07 bits per heavy atom. The van der Waals surface area contributed by atoms with E-state index >= 15 is 0 Å². The number of nitrogens with one attached hydrogen (secondary N) is 2. The van der Waals surface area contributed by atoms with Gasteiger partial charge in [0.1, 0.15) is 11.5 Å². The zero-order valence-electron chi connectivity index (χ0n) is 14.3. The van der Waals surface area contributed by atoms with Crippen LogP contribution in [0, 0.1) is 5.92 Å². The number of carbonyl (C=O) groups is 1. The molecule has 0 amide bonds. The van der Waals surface area contributed by atoms with E-state index < -0.39 is 11.8 Å². The number of hydrogen-bond acceptors (Lipinski definition) is 5. The lowest BCUT2D eigenvalue weighted by atomic mass is 9.68. The van der Waals surface area contributed by atoms with Crippen LogP contribution in [-0.4, -0.2) is 26.8 Å². The van der Waals surface area contributed by atoms with Crippen LogP contribution in [0.2, 0.25) is 0 Å². The van der Waals surface area contributed by atoms with Crippen molar-refractivity contribution < 1.29 is 9.90 Å². The summed E-state index contributed by atoms with van der Waals surface area (Å²) < 4.78 is 0. The highest BCUT2D eigenvalue weighted by molar-refractivity contribution is 7.10. The third-order valence-electron chi connectivity index (χ3n) is 5.48. The molecule has 1 aromatic carbocycles. The summed E-state index contributed by atoms with van der Waals surface area (Å²) in [6.07, 6.45) is 1.13. The van der Waals surface area contributed by atoms with E-state index in [9.17, 15) is 14.7 Å². The van der Waals surface area contributed by atoms with Crippen molar-refractivity contribution in [2.24, 2.45) is 10.9 Å². The van der Waals surface area contributed by atoms with Gasteiger partial charge in [-0.3, -0.25) is 19.8 Å². The van der Waals surface area contributed by atoms with Crippen LogP contribution >= 0.6 is 11.3 Å². The Hall–Kier alpha value is -2.93. The number of ketones is 1. The number of phenolic OH excluding ortho intramolecular Hbond substituents is 1. The zero-order valence-corrected chi connectivity index (χ0v) is 15.1. The quantitative estimate of drug-likeness (QED) is 0.636. The van der Waals surface area contributed by atoms with Gasteiger partial charge in [0.15, 0.2) is 5.82 Å². The summed E-state index contributed by atoms with van der Waals surface area (Å²) in [7, 11) is 0. The first-order valence-corrected chi connectivity index (χ1v) is 9.73. The molecule has 136 valence electrons. The Bertz CT molecular complexity index is 1110. The van der Waals surface area contributed by atoms with E-state index in [2.05, 4.69) is 21.3 Å². The minimum atomic E-state index is -0.465. The molecule has 2 aromatic heterocycles. The number of carbonyl (C=O) groups excluding carboxylic acids is 1. The zero-order chi connectivity index (χ0) is 18.5. The molecule has 1 aliphatic carbocycles. The molecule has 1 aliphatic heterocycles. The average molecular weight is 379 g/mol. The van der Waals surface area contributed by atoms with Gasteiger partial charge < -0.3 is 5.11 Å². The molecule has 1 unspecified atom stereocenters. The third kappa shape index (κ3) is 2.57. The Morgan fingerprint density at radius 2 is 1.96 bits per heavy atom. The van der Waals surface area contributed by atoms with E-state index in [0.717, 1.165) is 11.3 Å². The molecule has 2 aliphatic rings. The van der Waals surface area contributed by atoms with E-state index in [1.54, 1.807) is 29.5 Å². The molecule has 5 rings (SSSR count). The van der Waals surface area contributed by atoms with Crippen molar-refractivity contribution in [2.75, 3.05) is 0 Å². The molecule has 6 nitrogen and oxygen atoms in total. The van der Waals surface area contributed by atoms with Gasteiger partial charge in [0.2, 0.25) is 0 Å². The topological polar surface area (TPSA) is 98.3 Å². The predicted molar refractivity (Wildman–Crippen MR) is 103 cm³/mol. The average Bonchev–Trinajstić information content (AvgIpc) is 3.30. The molecule has 0 spiro atoms. The summed E-state index contributed by atoms with van der Waals surface area (Å²) in [6.45, 7) is 0. The number of Topliss-reactive ketones (excluding diaryl/α,β-unsaturated/α-hetero) is 1. The highest BCUT2D eigenvalue weighted by Crippen LogP contribution is 2.47. The number of H-pyrrole nitrogens is 2. The molecule has 1 fully saturated rings. The lowest BCUT2D eigenvalue weighted by Crippen LogP contribution is -2.40. The first-order valence-electron chi connectivity index (χ1n) is 8.85. The Labute approximate surface area is 158 Å². The largest absolute Gasteiger partial charge is 0.508 e. The van der Waals surface area contributed by atoms with Crippen molar-refractivity contribution in [3.8, 4) is 5.75 Å². The molecular weight excluding hydrogens is 362 g/mol. The normalized spacial score (nSPS) is 24.2. The van der Waals surface area contributed by atoms with Crippen molar-refractivity contribution in [1.82, 2.24) is 10.2 Å². The maximum absolute atomic E-state index is 13.2. The van der Waals surface area contributed by atoms with Gasteiger partial charge in [-0.15, -0.1) is 11.3 Å². The van der Waals surface area contributed by atoms with Gasteiger partial charge in [-0.05, 0) is 35.6 Å². The second kappa shape index (κ2) is 6.06. The maximum atomic E-state index is 13.2. The minimum absolute atomic E-state index is 0.0954. The summed E-state index contributed by atoms with van der Waals surface area (Å²) in [6, 6.07) is 10.8. The van der Waals surface area contributed by atoms with Crippen molar-refractivity contribution in [3.05, 3.63) is 68.1 Å². The fourth-order valence-corrected chi connectivity index (χ4v) is 5.18. The molecule has 7 heteroatoms. The molecule has 3 N–H and O–H groups in total. The van der Waals surface area contributed by atoms with Gasteiger partial charge in [0, 0.05) is 28.8 Å². The summed E-state index contributed by atoms with van der Waals surface area (Å²) in [4.78, 5) is 31.5. The van der Waals surface area contributed by atoms with Gasteiger partial charge in [0.25, 0.3) is 5.56 Å². The number of hydrogen-bond donors (Lipinski definition) is 3. The standard InChI is InChI=1S/C20H17N3O3S/c24-12-4-1-3-10(7-12)16-17-13(21-19-18(16)20(26)23-22-19)8-11(9-14(17)25)15-5-2-6-27-15/h1-7,11,16-17,24H,8-9H2,(H2,22,23,26)/t11-,16-,17?/m0/s1. The fourth-order valence-electron chi connectivity index (χ4n) is 4.35. The van der Waals surface area contributed by atoms with Crippen LogP contribution in [0.1, 0.15) is 40.7 Å². The molecule has 27 heavy (non-hydrogen) atoms. The molecule has 3 atom stereocenters. The van der Waals surface area contributed by atoms with E-state index in [-0.39, 0.29) is 23.0 Å². The second-order valence-electron chi connectivity index (χ2n) is 7.08. The Balaban J connectivity index is 1.65. The summed E-state index contributed by atoms with van der Waals surface area (Å²) >= 11 is 1.66. The van der Waals surface area contributed by atoms with Crippen molar-refractivity contribution in [3.63, 3.8) is 0 Å². The van der Waals surface area contributed by atoms with Gasteiger partial charge in [0.05, 0.1) is 11.5 Å². The van der Waals surface area contributed by atoms with Gasteiger partial charge in [-0.25, -0.2) is 4.99 Å². The van der Waals surface area contributed by atoms with E-state index in [0.29, 0.717) is 24.2 Å². The van der Waals surface area contributed by atoms with E-state index in [1.165, 1.54) is 4.88 Å². The van der Waals surface area contributed by atoms with Crippen LogP contribution in [0.25, 0.3) is 0 Å². The number of benzene rings is 1. The van der Waals surface area contributed by atoms with Crippen LogP contribution in [0.15, 0.2) is 51.6 Å². The van der Waals surface area contributed by atoms with E-state index in [1.807, 2.05) is 17.5 Å². The number of thiophene rings is 1. The minimum Gasteiger partial charge on any atom is -0.508 e. The third-order valence-corrected chi connectivity index (χ3v) is 6.51. The second-order valence-corrected chi connectivity index (χ2v) is 8.06. The van der Waals surface area contributed by atoms with Crippen LogP contribution in [0.4, 0.5) is 5.82 Å². The number of aliphatic imine (C=N–C) groups is 1. The van der Waals surface area contributed by atoms with Crippen LogP contribution in [-0.2, 0) is 4.79 Å². The summed E-state index contributed by atoms with van der Waals surface area (Å²) in [5.74, 6) is -0.0784. The number of aromatic amines is 2. The Morgan fingerprint density at radius 3 is 2.74 bits per heavy atom. The fraction of sp³-hybridized carbons (Fsp3) is 0.250. The smallest absolute Gasteiger partial charge is 0.270 e. The molecule has 3 heterocycles. The highest BCUT2D eigenvalue weighted by Gasteiger charge is 2.45. The Kier molecular flexibility index (Phi) is 3.65. The molecule has 3 aromatic rings. The van der Waals surface area contributed by atoms with Crippen molar-refractivity contribution >= 4 is 28.6 Å². The number of phenols is 1.